The summed E-state index contributed by atoms with van der Waals surface area (Å²) >= 11 is 6.00. The molecule has 1 fully saturated rings. The van der Waals surface area contributed by atoms with Crippen LogP contribution in [0.3, 0.4) is 0 Å². The summed E-state index contributed by atoms with van der Waals surface area (Å²) in [7, 11) is 2.83. The summed E-state index contributed by atoms with van der Waals surface area (Å²) in [5, 5.41) is -0.158. The Morgan fingerprint density at radius 1 is 1.35 bits per heavy atom. The fourth-order valence-electron chi connectivity index (χ4n) is 2.76. The van der Waals surface area contributed by atoms with Crippen LogP contribution in [0.15, 0.2) is 11.1 Å². The minimum Gasteiger partial charge on any atom is -0.493 e. The van der Waals surface area contributed by atoms with Gasteiger partial charge in [-0.1, -0.05) is 24.4 Å². The van der Waals surface area contributed by atoms with Crippen molar-refractivity contribution in [3.8, 4) is 11.5 Å². The van der Waals surface area contributed by atoms with Crippen LogP contribution in [0.1, 0.15) is 31.2 Å². The van der Waals surface area contributed by atoms with Gasteiger partial charge in [-0.15, -0.1) is 0 Å². The molecule has 1 aliphatic carbocycles. The molecule has 0 bridgehead atoms. The quantitative estimate of drug-likeness (QED) is 0.630. The minimum absolute atomic E-state index is 0.138. The first kappa shape index (κ1) is 14.8. The van der Waals surface area contributed by atoms with Crippen LogP contribution in [0.5, 0.6) is 11.5 Å². The third kappa shape index (κ3) is 2.28. The Morgan fingerprint density at radius 3 is 2.50 bits per heavy atom. The van der Waals surface area contributed by atoms with Crippen molar-refractivity contribution in [1.82, 2.24) is 0 Å². The van der Waals surface area contributed by atoms with Crippen LogP contribution in [0.4, 0.5) is 4.39 Å². The lowest BCUT2D eigenvalue weighted by molar-refractivity contribution is 0.347. The number of hydrogen-bond acceptors (Lipinski definition) is 4. The van der Waals surface area contributed by atoms with Crippen molar-refractivity contribution in [1.29, 1.82) is 0 Å². The maximum absolute atomic E-state index is 14.5. The molecule has 2 rings (SSSR count). The van der Waals surface area contributed by atoms with E-state index in [1.165, 1.54) is 20.3 Å². The second-order valence-corrected chi connectivity index (χ2v) is 5.11. The Bertz CT molecular complexity index is 564. The van der Waals surface area contributed by atoms with Gasteiger partial charge in [0.15, 0.2) is 17.3 Å². The molecule has 20 heavy (non-hydrogen) atoms. The highest BCUT2D eigenvalue weighted by Gasteiger charge is 2.40. The third-order valence-electron chi connectivity index (χ3n) is 3.74. The number of hydrogen-bond donors (Lipinski definition) is 0. The molecule has 0 spiro atoms. The van der Waals surface area contributed by atoms with Gasteiger partial charge in [-0.3, -0.25) is 0 Å². The predicted molar refractivity (Wildman–Crippen MR) is 72.8 cm³/mol. The number of nitrogens with zero attached hydrogens (tertiary/aromatic N) is 1. The zero-order valence-electron chi connectivity index (χ0n) is 11.3. The lowest BCUT2D eigenvalue weighted by atomic mass is 9.88. The molecule has 0 atom stereocenters. The first-order valence-electron chi connectivity index (χ1n) is 6.29. The van der Waals surface area contributed by atoms with Crippen LogP contribution >= 0.6 is 11.6 Å². The van der Waals surface area contributed by atoms with E-state index in [9.17, 15) is 9.18 Å². The van der Waals surface area contributed by atoms with Crippen LogP contribution in [-0.4, -0.2) is 20.3 Å². The van der Waals surface area contributed by atoms with Crippen molar-refractivity contribution in [2.24, 2.45) is 4.99 Å². The highest BCUT2D eigenvalue weighted by molar-refractivity contribution is 6.32. The van der Waals surface area contributed by atoms with Crippen LogP contribution in [-0.2, 0) is 10.3 Å². The zero-order valence-corrected chi connectivity index (χ0v) is 12.1. The molecule has 1 saturated carbocycles. The molecule has 1 aromatic carbocycles. The topological polar surface area (TPSA) is 47.9 Å². The van der Waals surface area contributed by atoms with E-state index in [4.69, 9.17) is 21.1 Å². The molecular formula is C14H15ClFNO3. The summed E-state index contributed by atoms with van der Waals surface area (Å²) in [6.07, 6.45) is 4.47. The molecule has 6 heteroatoms. The van der Waals surface area contributed by atoms with Gasteiger partial charge in [-0.05, 0) is 18.9 Å². The van der Waals surface area contributed by atoms with Gasteiger partial charge in [-0.2, -0.15) is 4.99 Å². The lowest BCUT2D eigenvalue weighted by Gasteiger charge is -2.25. The van der Waals surface area contributed by atoms with E-state index in [1.54, 1.807) is 6.08 Å². The Balaban J connectivity index is 2.67. The highest BCUT2D eigenvalue weighted by atomic mass is 35.5. The largest absolute Gasteiger partial charge is 0.493 e. The first-order valence-corrected chi connectivity index (χ1v) is 6.67. The van der Waals surface area contributed by atoms with Gasteiger partial charge in [-0.25, -0.2) is 9.18 Å². The monoisotopic (exact) mass is 299 g/mol. The maximum Gasteiger partial charge on any atom is 0.235 e. The minimum atomic E-state index is -0.894. The fraction of sp³-hybridized carbons (Fsp3) is 0.500. The maximum atomic E-state index is 14.5. The van der Waals surface area contributed by atoms with E-state index in [-0.39, 0.29) is 16.3 Å². The molecule has 0 aliphatic heterocycles. The average molecular weight is 300 g/mol. The number of methoxy groups -OCH3 is 2. The van der Waals surface area contributed by atoms with E-state index >= 15 is 0 Å². The number of ether oxygens (including phenoxy) is 2. The summed E-state index contributed by atoms with van der Waals surface area (Å²) in [6, 6.07) is 1.51. The number of isocyanates is 1. The Hall–Kier alpha value is -1.58. The van der Waals surface area contributed by atoms with E-state index in [0.29, 0.717) is 18.6 Å². The van der Waals surface area contributed by atoms with E-state index in [0.717, 1.165) is 12.8 Å². The van der Waals surface area contributed by atoms with Gasteiger partial charge in [0, 0.05) is 5.56 Å². The lowest BCUT2D eigenvalue weighted by Crippen LogP contribution is -2.21. The van der Waals surface area contributed by atoms with Crippen LogP contribution in [0.2, 0.25) is 5.02 Å². The molecule has 108 valence electrons. The van der Waals surface area contributed by atoms with Crippen LogP contribution < -0.4 is 9.47 Å². The second-order valence-electron chi connectivity index (χ2n) is 4.73. The molecular weight excluding hydrogens is 285 g/mol. The van der Waals surface area contributed by atoms with Crippen LogP contribution in [0, 0.1) is 5.82 Å². The molecule has 0 amide bonds. The first-order chi connectivity index (χ1) is 9.59. The zero-order chi connectivity index (χ0) is 14.8. The van der Waals surface area contributed by atoms with Crippen molar-refractivity contribution < 1.29 is 18.7 Å². The molecule has 0 aromatic heterocycles. The molecule has 0 unspecified atom stereocenters. The number of carbonyl (C=O) groups excluding carboxylic acids is 1. The number of rotatable bonds is 4. The van der Waals surface area contributed by atoms with Gasteiger partial charge >= 0.3 is 0 Å². The summed E-state index contributed by atoms with van der Waals surface area (Å²) in [6.45, 7) is 0. The molecule has 0 heterocycles. The van der Waals surface area contributed by atoms with E-state index in [1.807, 2.05) is 0 Å². The smallest absolute Gasteiger partial charge is 0.235 e. The predicted octanol–water partition coefficient (Wildman–Crippen LogP) is 3.60. The highest BCUT2D eigenvalue weighted by Crippen LogP contribution is 2.48. The van der Waals surface area contributed by atoms with Crippen molar-refractivity contribution >= 4 is 17.7 Å². The normalized spacial score (nSPS) is 16.6. The van der Waals surface area contributed by atoms with Crippen molar-refractivity contribution in [3.05, 3.63) is 22.5 Å². The molecule has 1 aromatic rings. The van der Waals surface area contributed by atoms with Gasteiger partial charge in [0.25, 0.3) is 0 Å². The number of halogens is 2. The summed E-state index contributed by atoms with van der Waals surface area (Å²) in [4.78, 5) is 14.6. The van der Waals surface area contributed by atoms with Crippen molar-refractivity contribution in [3.63, 3.8) is 0 Å². The molecule has 4 nitrogen and oxygen atoms in total. The van der Waals surface area contributed by atoms with Gasteiger partial charge in [0.1, 0.15) is 10.6 Å². The van der Waals surface area contributed by atoms with E-state index < -0.39 is 11.4 Å². The van der Waals surface area contributed by atoms with Crippen LogP contribution in [0.25, 0.3) is 0 Å². The SMILES string of the molecule is COc1cc(C2(N=C=O)CCCC2)c(F)c(Cl)c1OC. The summed E-state index contributed by atoms with van der Waals surface area (Å²) in [5.41, 5.74) is -0.629. The number of aliphatic imine (C=N–C) groups is 1. The standard InChI is InChI=1S/C14H15ClFNO3/c1-19-10-7-9(12(16)11(15)13(10)20-2)14(17-8-18)5-3-4-6-14/h7H,3-6H2,1-2H3. The van der Waals surface area contributed by atoms with Gasteiger partial charge < -0.3 is 9.47 Å². The second kappa shape index (κ2) is 5.81. The molecule has 1 aliphatic rings. The fourth-order valence-corrected chi connectivity index (χ4v) is 3.03. The average Bonchev–Trinajstić information content (AvgIpc) is 2.91. The van der Waals surface area contributed by atoms with Gasteiger partial charge in [0.05, 0.1) is 14.2 Å². The van der Waals surface area contributed by atoms with Crippen molar-refractivity contribution in [2.45, 2.75) is 31.2 Å². The summed E-state index contributed by atoms with van der Waals surface area (Å²) < 4.78 is 24.8. The molecule has 0 N–H and O–H groups in total. The molecule has 0 radical (unpaired) electrons. The Morgan fingerprint density at radius 2 is 2.00 bits per heavy atom. The number of benzene rings is 1. The van der Waals surface area contributed by atoms with E-state index in [2.05, 4.69) is 4.99 Å². The van der Waals surface area contributed by atoms with Gasteiger partial charge in [0.2, 0.25) is 6.08 Å². The molecule has 0 saturated heterocycles. The summed E-state index contributed by atoms with van der Waals surface area (Å²) in [5.74, 6) is -0.162. The Kier molecular flexibility index (Phi) is 4.31. The third-order valence-corrected chi connectivity index (χ3v) is 4.08. The van der Waals surface area contributed by atoms with Crippen molar-refractivity contribution in [2.75, 3.05) is 14.2 Å². The Labute approximate surface area is 121 Å².